The van der Waals surface area contributed by atoms with Crippen molar-refractivity contribution in [3.05, 3.63) is 45.2 Å². The molecule has 2 aromatic rings. The Balaban J connectivity index is 2.16. The number of aromatic nitrogens is 2. The molecule has 0 atom stereocenters. The van der Waals surface area contributed by atoms with Crippen LogP contribution >= 0.6 is 23.1 Å². The standard InChI is InChI=1S/C13H12ClFN2OS/c1-2-3-11-13(19-17-16-11)12(18)7-8-4-5-9(14)10(15)6-8/h4-6H,2-3,7H2,1H3. The van der Waals surface area contributed by atoms with Gasteiger partial charge in [0.05, 0.1) is 10.7 Å². The Bertz CT molecular complexity index is 600. The van der Waals surface area contributed by atoms with E-state index < -0.39 is 5.82 Å². The van der Waals surface area contributed by atoms with Gasteiger partial charge in [-0.1, -0.05) is 35.5 Å². The third-order valence-corrected chi connectivity index (χ3v) is 3.76. The van der Waals surface area contributed by atoms with Crippen molar-refractivity contribution in [2.24, 2.45) is 0 Å². The third kappa shape index (κ3) is 3.36. The molecule has 3 nitrogen and oxygen atoms in total. The summed E-state index contributed by atoms with van der Waals surface area (Å²) in [5, 5.41) is 4.01. The molecule has 0 fully saturated rings. The molecular formula is C13H12ClFN2OS. The first-order valence-electron chi connectivity index (χ1n) is 5.90. The minimum Gasteiger partial charge on any atom is -0.293 e. The van der Waals surface area contributed by atoms with Crippen LogP contribution in [0.2, 0.25) is 5.02 Å². The van der Waals surface area contributed by atoms with Gasteiger partial charge in [-0.25, -0.2) is 4.39 Å². The molecule has 0 unspecified atom stereocenters. The highest BCUT2D eigenvalue weighted by atomic mass is 35.5. The fourth-order valence-electron chi connectivity index (χ4n) is 1.74. The van der Waals surface area contributed by atoms with Gasteiger partial charge in [-0.15, -0.1) is 5.10 Å². The molecule has 0 saturated heterocycles. The third-order valence-electron chi connectivity index (χ3n) is 2.64. The Hall–Kier alpha value is -1.33. The van der Waals surface area contributed by atoms with Crippen LogP contribution in [-0.2, 0) is 12.8 Å². The van der Waals surface area contributed by atoms with Crippen molar-refractivity contribution in [2.45, 2.75) is 26.2 Å². The van der Waals surface area contributed by atoms with Crippen LogP contribution in [0, 0.1) is 5.82 Å². The van der Waals surface area contributed by atoms with Gasteiger partial charge in [-0.2, -0.15) is 0 Å². The molecule has 0 aliphatic heterocycles. The predicted octanol–water partition coefficient (Wildman–Crippen LogP) is 3.71. The molecule has 0 radical (unpaired) electrons. The summed E-state index contributed by atoms with van der Waals surface area (Å²) in [5.74, 6) is -0.594. The van der Waals surface area contributed by atoms with Crippen molar-refractivity contribution in [1.82, 2.24) is 9.59 Å². The number of nitrogens with zero attached hydrogens (tertiary/aromatic N) is 2. The van der Waals surface area contributed by atoms with Crippen LogP contribution in [0.1, 0.15) is 34.3 Å². The highest BCUT2D eigenvalue weighted by Gasteiger charge is 2.16. The molecular weight excluding hydrogens is 287 g/mol. The maximum atomic E-state index is 13.3. The number of rotatable bonds is 5. The Labute approximate surface area is 119 Å². The maximum Gasteiger partial charge on any atom is 0.180 e. The SMILES string of the molecule is CCCc1nnsc1C(=O)Cc1ccc(Cl)c(F)c1. The first kappa shape index (κ1) is 14.1. The molecule has 0 saturated carbocycles. The molecule has 1 aromatic carbocycles. The Morgan fingerprint density at radius 3 is 2.95 bits per heavy atom. The van der Waals surface area contributed by atoms with E-state index in [1.807, 2.05) is 6.92 Å². The van der Waals surface area contributed by atoms with E-state index in [-0.39, 0.29) is 17.2 Å². The summed E-state index contributed by atoms with van der Waals surface area (Å²) in [7, 11) is 0. The van der Waals surface area contributed by atoms with Crippen LogP contribution in [0.25, 0.3) is 0 Å². The number of carbonyl (C=O) groups excluding carboxylic acids is 1. The summed E-state index contributed by atoms with van der Waals surface area (Å²) in [6.45, 7) is 2.02. The lowest BCUT2D eigenvalue weighted by atomic mass is 10.1. The number of hydrogen-bond donors (Lipinski definition) is 0. The molecule has 1 heterocycles. The fraction of sp³-hybridized carbons (Fsp3) is 0.308. The number of hydrogen-bond acceptors (Lipinski definition) is 4. The normalized spacial score (nSPS) is 10.7. The molecule has 19 heavy (non-hydrogen) atoms. The molecule has 0 aliphatic rings. The van der Waals surface area contributed by atoms with E-state index in [9.17, 15) is 9.18 Å². The number of ketones is 1. The van der Waals surface area contributed by atoms with Crippen molar-refractivity contribution >= 4 is 28.9 Å². The number of aryl methyl sites for hydroxylation is 1. The average Bonchev–Trinajstić information content (AvgIpc) is 2.83. The quantitative estimate of drug-likeness (QED) is 0.790. The minimum absolute atomic E-state index is 0.0577. The van der Waals surface area contributed by atoms with Gasteiger partial charge in [0.2, 0.25) is 0 Å². The lowest BCUT2D eigenvalue weighted by Gasteiger charge is -2.02. The van der Waals surface area contributed by atoms with Gasteiger partial charge in [0.1, 0.15) is 10.7 Å². The van der Waals surface area contributed by atoms with Gasteiger partial charge >= 0.3 is 0 Å². The number of Topliss-reactive ketones (excluding diaryl/α,β-unsaturated/α-hetero) is 1. The number of carbonyl (C=O) groups is 1. The van der Waals surface area contributed by atoms with E-state index in [4.69, 9.17) is 11.6 Å². The molecule has 0 spiro atoms. The number of benzene rings is 1. The fourth-order valence-corrected chi connectivity index (χ4v) is 2.50. The van der Waals surface area contributed by atoms with Crippen LogP contribution in [-0.4, -0.2) is 15.4 Å². The molecule has 0 amide bonds. The van der Waals surface area contributed by atoms with Gasteiger partial charge in [-0.3, -0.25) is 4.79 Å². The summed E-state index contributed by atoms with van der Waals surface area (Å²) >= 11 is 6.70. The smallest absolute Gasteiger partial charge is 0.180 e. The second-order valence-electron chi connectivity index (χ2n) is 4.15. The topological polar surface area (TPSA) is 42.9 Å². The highest BCUT2D eigenvalue weighted by molar-refractivity contribution is 7.08. The molecule has 6 heteroatoms. The van der Waals surface area contributed by atoms with Crippen LogP contribution in [0.3, 0.4) is 0 Å². The summed E-state index contributed by atoms with van der Waals surface area (Å²) in [6.07, 6.45) is 1.77. The van der Waals surface area contributed by atoms with E-state index in [1.165, 1.54) is 12.1 Å². The van der Waals surface area contributed by atoms with E-state index in [2.05, 4.69) is 9.59 Å². The summed E-state index contributed by atoms with van der Waals surface area (Å²) < 4.78 is 17.1. The maximum absolute atomic E-state index is 13.3. The zero-order valence-electron chi connectivity index (χ0n) is 10.3. The van der Waals surface area contributed by atoms with E-state index in [0.29, 0.717) is 10.4 Å². The van der Waals surface area contributed by atoms with Crippen molar-refractivity contribution in [2.75, 3.05) is 0 Å². The molecule has 1 aromatic heterocycles. The second-order valence-corrected chi connectivity index (χ2v) is 5.31. The van der Waals surface area contributed by atoms with Gasteiger partial charge < -0.3 is 0 Å². The van der Waals surface area contributed by atoms with Crippen LogP contribution in [0.5, 0.6) is 0 Å². The largest absolute Gasteiger partial charge is 0.293 e. The first-order chi connectivity index (χ1) is 9.11. The predicted molar refractivity (Wildman–Crippen MR) is 73.3 cm³/mol. The van der Waals surface area contributed by atoms with Crippen LogP contribution in [0.4, 0.5) is 4.39 Å². The number of halogens is 2. The molecule has 0 bridgehead atoms. The van der Waals surface area contributed by atoms with Crippen molar-refractivity contribution < 1.29 is 9.18 Å². The van der Waals surface area contributed by atoms with Gasteiger partial charge in [0.25, 0.3) is 0 Å². The monoisotopic (exact) mass is 298 g/mol. The van der Waals surface area contributed by atoms with Gasteiger partial charge in [-0.05, 0) is 35.6 Å². The summed E-state index contributed by atoms with van der Waals surface area (Å²) in [6, 6.07) is 4.39. The van der Waals surface area contributed by atoms with E-state index in [0.717, 1.165) is 30.1 Å². The molecule has 100 valence electrons. The summed E-state index contributed by atoms with van der Waals surface area (Å²) in [4.78, 5) is 12.7. The zero-order valence-corrected chi connectivity index (χ0v) is 11.9. The molecule has 0 N–H and O–H groups in total. The van der Waals surface area contributed by atoms with Crippen LogP contribution < -0.4 is 0 Å². The van der Waals surface area contributed by atoms with Crippen molar-refractivity contribution in [3.8, 4) is 0 Å². The van der Waals surface area contributed by atoms with Gasteiger partial charge in [0, 0.05) is 6.42 Å². The summed E-state index contributed by atoms with van der Waals surface area (Å²) in [5.41, 5.74) is 1.33. The van der Waals surface area contributed by atoms with Gasteiger partial charge in [0.15, 0.2) is 5.78 Å². The van der Waals surface area contributed by atoms with Crippen molar-refractivity contribution in [3.63, 3.8) is 0 Å². The first-order valence-corrected chi connectivity index (χ1v) is 7.05. The Morgan fingerprint density at radius 1 is 1.47 bits per heavy atom. The lowest BCUT2D eigenvalue weighted by molar-refractivity contribution is 0.0995. The second kappa shape index (κ2) is 6.21. The lowest BCUT2D eigenvalue weighted by Crippen LogP contribution is -2.05. The molecule has 0 aliphatic carbocycles. The van der Waals surface area contributed by atoms with E-state index in [1.54, 1.807) is 6.07 Å². The molecule has 2 rings (SSSR count). The average molecular weight is 299 g/mol. The highest BCUT2D eigenvalue weighted by Crippen LogP contribution is 2.19. The zero-order chi connectivity index (χ0) is 13.8. The van der Waals surface area contributed by atoms with Crippen molar-refractivity contribution in [1.29, 1.82) is 0 Å². The Kier molecular flexibility index (Phi) is 4.61. The minimum atomic E-state index is -0.511. The van der Waals surface area contributed by atoms with E-state index >= 15 is 0 Å². The van der Waals surface area contributed by atoms with Crippen LogP contribution in [0.15, 0.2) is 18.2 Å². The Morgan fingerprint density at radius 2 is 2.26 bits per heavy atom.